The molecule has 2 rings (SSSR count). The van der Waals surface area contributed by atoms with Crippen LogP contribution in [0.25, 0.3) is 0 Å². The largest absolute Gasteiger partial charge is 0.351 e. The molecule has 0 fully saturated rings. The number of hydroxylamine groups is 1. The molecular formula is C18H29N3O2. The number of hydrogen-bond donors (Lipinski definition) is 3. The minimum atomic E-state index is -0.181. The molecule has 23 heavy (non-hydrogen) atoms. The summed E-state index contributed by atoms with van der Waals surface area (Å²) in [6.07, 6.45) is 3.56. The standard InChI is InChI=1S/C18H29N3O2/c1-13-8-14(2)17-12-21(7-5-4-6-16(17)9-13)11-15(3)20-18(22)10-19-23/h8-9,15,19,23H,4-7,10-12H2,1-3H3,(H,20,22)/t15-/m0/s1. The molecule has 0 saturated heterocycles. The van der Waals surface area contributed by atoms with Gasteiger partial charge in [0.2, 0.25) is 5.91 Å². The second-order valence-electron chi connectivity index (χ2n) is 6.72. The average Bonchev–Trinajstić information content (AvgIpc) is 2.43. The molecule has 1 heterocycles. The van der Waals surface area contributed by atoms with Crippen LogP contribution in [-0.2, 0) is 17.8 Å². The number of carbonyl (C=O) groups is 1. The summed E-state index contributed by atoms with van der Waals surface area (Å²) in [5, 5.41) is 11.5. The Bertz CT molecular complexity index is 545. The number of benzene rings is 1. The fourth-order valence-electron chi connectivity index (χ4n) is 3.47. The van der Waals surface area contributed by atoms with Crippen molar-refractivity contribution in [3.63, 3.8) is 0 Å². The first-order valence-electron chi connectivity index (χ1n) is 8.47. The van der Waals surface area contributed by atoms with Crippen molar-refractivity contribution < 1.29 is 10.0 Å². The van der Waals surface area contributed by atoms with E-state index in [1.807, 2.05) is 12.4 Å². The van der Waals surface area contributed by atoms with Gasteiger partial charge >= 0.3 is 0 Å². The van der Waals surface area contributed by atoms with Gasteiger partial charge in [0.15, 0.2) is 0 Å². The summed E-state index contributed by atoms with van der Waals surface area (Å²) in [5.41, 5.74) is 7.53. The summed E-state index contributed by atoms with van der Waals surface area (Å²) in [5.74, 6) is -0.181. The molecule has 1 aliphatic heterocycles. The first kappa shape index (κ1) is 17.9. The molecule has 0 saturated carbocycles. The normalized spacial score (nSPS) is 17.0. The lowest BCUT2D eigenvalue weighted by atomic mass is 9.93. The smallest absolute Gasteiger partial charge is 0.236 e. The molecule has 0 bridgehead atoms. The van der Waals surface area contributed by atoms with Crippen LogP contribution < -0.4 is 10.8 Å². The molecule has 5 heteroatoms. The zero-order valence-corrected chi connectivity index (χ0v) is 14.5. The van der Waals surface area contributed by atoms with Crippen LogP contribution >= 0.6 is 0 Å². The Hall–Kier alpha value is -1.43. The molecule has 0 radical (unpaired) electrons. The summed E-state index contributed by atoms with van der Waals surface area (Å²) in [6, 6.07) is 4.64. The highest BCUT2D eigenvalue weighted by atomic mass is 16.5. The van der Waals surface area contributed by atoms with Crippen molar-refractivity contribution in [2.75, 3.05) is 19.6 Å². The van der Waals surface area contributed by atoms with E-state index >= 15 is 0 Å². The maximum atomic E-state index is 11.6. The lowest BCUT2D eigenvalue weighted by Gasteiger charge is -2.30. The van der Waals surface area contributed by atoms with Gasteiger partial charge in [0.1, 0.15) is 0 Å². The topological polar surface area (TPSA) is 64.6 Å². The van der Waals surface area contributed by atoms with Gasteiger partial charge in [-0.25, -0.2) is 0 Å². The third-order valence-corrected chi connectivity index (χ3v) is 4.44. The van der Waals surface area contributed by atoms with E-state index < -0.39 is 0 Å². The van der Waals surface area contributed by atoms with Crippen LogP contribution in [0.15, 0.2) is 12.1 Å². The van der Waals surface area contributed by atoms with Gasteiger partial charge in [0.05, 0.1) is 6.54 Å². The number of carbonyl (C=O) groups excluding carboxylic acids is 1. The molecule has 1 aromatic rings. The zero-order chi connectivity index (χ0) is 16.8. The summed E-state index contributed by atoms with van der Waals surface area (Å²) in [4.78, 5) is 14.0. The van der Waals surface area contributed by atoms with Gasteiger partial charge in [0.25, 0.3) is 0 Å². The number of nitrogens with one attached hydrogen (secondary N) is 2. The van der Waals surface area contributed by atoms with E-state index in [2.05, 4.69) is 36.2 Å². The quantitative estimate of drug-likeness (QED) is 0.726. The molecule has 0 aromatic heterocycles. The summed E-state index contributed by atoms with van der Waals surface area (Å²) >= 11 is 0. The third kappa shape index (κ3) is 5.30. The van der Waals surface area contributed by atoms with E-state index in [4.69, 9.17) is 5.21 Å². The molecule has 0 spiro atoms. The van der Waals surface area contributed by atoms with Gasteiger partial charge in [-0.05, 0) is 63.3 Å². The van der Waals surface area contributed by atoms with E-state index in [9.17, 15) is 4.79 Å². The molecule has 1 aromatic carbocycles. The van der Waals surface area contributed by atoms with Gasteiger partial charge in [-0.2, -0.15) is 5.48 Å². The number of fused-ring (bicyclic) bond motifs is 1. The first-order valence-corrected chi connectivity index (χ1v) is 8.47. The Morgan fingerprint density at radius 3 is 2.87 bits per heavy atom. The predicted octanol–water partition coefficient (Wildman–Crippen LogP) is 1.93. The fraction of sp³-hybridized carbons (Fsp3) is 0.611. The SMILES string of the molecule is Cc1cc(C)c2c(c1)CCCCN(C[C@H](C)NC(=O)CNO)C2. The zero-order valence-electron chi connectivity index (χ0n) is 14.5. The Morgan fingerprint density at radius 2 is 2.13 bits per heavy atom. The van der Waals surface area contributed by atoms with Crippen LogP contribution in [0.1, 0.15) is 42.0 Å². The molecule has 0 unspecified atom stereocenters. The van der Waals surface area contributed by atoms with Crippen molar-refractivity contribution in [3.05, 3.63) is 34.4 Å². The minimum absolute atomic E-state index is 0.0597. The molecule has 0 aliphatic carbocycles. The Balaban J connectivity index is 2.04. The van der Waals surface area contributed by atoms with Crippen molar-refractivity contribution in [2.45, 2.75) is 52.6 Å². The highest BCUT2D eigenvalue weighted by Crippen LogP contribution is 2.23. The number of hydrogen-bond acceptors (Lipinski definition) is 4. The van der Waals surface area contributed by atoms with Crippen LogP contribution in [0.5, 0.6) is 0 Å². The van der Waals surface area contributed by atoms with Crippen molar-refractivity contribution in [1.29, 1.82) is 0 Å². The van der Waals surface area contributed by atoms with Crippen molar-refractivity contribution in [2.24, 2.45) is 0 Å². The highest BCUT2D eigenvalue weighted by molar-refractivity contribution is 5.78. The van der Waals surface area contributed by atoms with Crippen LogP contribution in [0.4, 0.5) is 0 Å². The lowest BCUT2D eigenvalue weighted by Crippen LogP contribution is -2.45. The molecule has 1 amide bonds. The molecule has 3 N–H and O–H groups in total. The second-order valence-corrected chi connectivity index (χ2v) is 6.72. The van der Waals surface area contributed by atoms with Crippen molar-refractivity contribution in [3.8, 4) is 0 Å². The highest BCUT2D eigenvalue weighted by Gasteiger charge is 2.18. The van der Waals surface area contributed by atoms with Gasteiger partial charge in [-0.15, -0.1) is 0 Å². The van der Waals surface area contributed by atoms with E-state index in [1.54, 1.807) is 0 Å². The molecule has 5 nitrogen and oxygen atoms in total. The van der Waals surface area contributed by atoms with Crippen molar-refractivity contribution >= 4 is 5.91 Å². The van der Waals surface area contributed by atoms with E-state index in [0.29, 0.717) is 0 Å². The number of nitrogens with zero attached hydrogens (tertiary/aromatic N) is 1. The number of rotatable bonds is 5. The Kier molecular flexibility index (Phi) is 6.57. The lowest BCUT2D eigenvalue weighted by molar-refractivity contribution is -0.122. The predicted molar refractivity (Wildman–Crippen MR) is 91.5 cm³/mol. The molecule has 1 aliphatic rings. The monoisotopic (exact) mass is 319 g/mol. The van der Waals surface area contributed by atoms with Gasteiger partial charge < -0.3 is 10.5 Å². The van der Waals surface area contributed by atoms with Crippen LogP contribution in [0.2, 0.25) is 0 Å². The van der Waals surface area contributed by atoms with Crippen molar-refractivity contribution in [1.82, 2.24) is 15.7 Å². The van der Waals surface area contributed by atoms with Gasteiger partial charge in [-0.1, -0.05) is 17.7 Å². The molecular weight excluding hydrogens is 290 g/mol. The Labute approximate surface area is 139 Å². The van der Waals surface area contributed by atoms with Crippen LogP contribution in [0, 0.1) is 13.8 Å². The number of aryl methyl sites for hydroxylation is 3. The molecule has 1 atom stereocenters. The van der Waals surface area contributed by atoms with E-state index in [1.165, 1.54) is 41.5 Å². The van der Waals surface area contributed by atoms with Gasteiger partial charge in [0, 0.05) is 19.1 Å². The Morgan fingerprint density at radius 1 is 1.35 bits per heavy atom. The maximum Gasteiger partial charge on any atom is 0.236 e. The van der Waals surface area contributed by atoms with Crippen LogP contribution in [-0.4, -0.2) is 41.7 Å². The molecule has 128 valence electrons. The van der Waals surface area contributed by atoms with Crippen LogP contribution in [0.3, 0.4) is 0 Å². The fourth-order valence-corrected chi connectivity index (χ4v) is 3.47. The van der Waals surface area contributed by atoms with E-state index in [-0.39, 0.29) is 18.5 Å². The summed E-state index contributed by atoms with van der Waals surface area (Å²) < 4.78 is 0. The van der Waals surface area contributed by atoms with E-state index in [0.717, 1.165) is 19.6 Å². The second kappa shape index (κ2) is 8.43. The van der Waals surface area contributed by atoms with Gasteiger partial charge in [-0.3, -0.25) is 9.69 Å². The third-order valence-electron chi connectivity index (χ3n) is 4.44. The number of amides is 1. The summed E-state index contributed by atoms with van der Waals surface area (Å²) in [7, 11) is 0. The minimum Gasteiger partial charge on any atom is -0.351 e. The first-order chi connectivity index (χ1) is 11.0. The maximum absolute atomic E-state index is 11.6. The average molecular weight is 319 g/mol. The summed E-state index contributed by atoms with van der Waals surface area (Å²) in [6.45, 7) is 9.14.